The molecule has 13 heavy (non-hydrogen) atoms. The van der Waals surface area contributed by atoms with E-state index in [9.17, 15) is 9.90 Å². The summed E-state index contributed by atoms with van der Waals surface area (Å²) >= 11 is 0. The minimum absolute atomic E-state index is 0.118. The fraction of sp³-hybridized carbons (Fsp3) is 0.500. The van der Waals surface area contributed by atoms with Gasteiger partial charge in [-0.1, -0.05) is 24.3 Å². The van der Waals surface area contributed by atoms with E-state index in [0.29, 0.717) is 6.41 Å². The molecule has 1 amide bonds. The van der Waals surface area contributed by atoms with E-state index in [1.807, 2.05) is 24.3 Å². The second kappa shape index (κ2) is 4.82. The zero-order valence-electron chi connectivity index (χ0n) is 7.68. The van der Waals surface area contributed by atoms with Crippen LogP contribution in [0.5, 0.6) is 0 Å². The van der Waals surface area contributed by atoms with Gasteiger partial charge in [0.2, 0.25) is 6.41 Å². The minimum Gasteiger partial charge on any atom is -0.390 e. The van der Waals surface area contributed by atoms with Crippen molar-refractivity contribution in [1.82, 2.24) is 5.32 Å². The first kappa shape index (κ1) is 9.99. The van der Waals surface area contributed by atoms with E-state index in [0.717, 1.165) is 6.42 Å². The highest BCUT2D eigenvalue weighted by atomic mass is 16.3. The van der Waals surface area contributed by atoms with Crippen molar-refractivity contribution >= 4 is 6.41 Å². The Hall–Kier alpha value is -1.09. The number of carbonyl (C=O) groups is 1. The molecule has 0 radical (unpaired) electrons. The van der Waals surface area contributed by atoms with Crippen molar-refractivity contribution < 1.29 is 9.90 Å². The lowest BCUT2D eigenvalue weighted by Gasteiger charge is -2.25. The summed E-state index contributed by atoms with van der Waals surface area (Å²) in [6.07, 6.45) is 8.81. The van der Waals surface area contributed by atoms with Crippen LogP contribution in [0.1, 0.15) is 13.3 Å². The molecule has 0 spiro atoms. The van der Waals surface area contributed by atoms with Crippen LogP contribution in [0.15, 0.2) is 24.3 Å². The molecule has 0 aromatic carbocycles. The molecule has 0 bridgehead atoms. The third-order valence-electron chi connectivity index (χ3n) is 2.30. The van der Waals surface area contributed by atoms with Gasteiger partial charge in [0.25, 0.3) is 0 Å². The van der Waals surface area contributed by atoms with Gasteiger partial charge < -0.3 is 10.4 Å². The van der Waals surface area contributed by atoms with Crippen molar-refractivity contribution in [2.45, 2.75) is 25.5 Å². The number of carbonyl (C=O) groups excluding carboxylic acids is 1. The van der Waals surface area contributed by atoms with Crippen molar-refractivity contribution in [3.05, 3.63) is 24.3 Å². The molecule has 72 valence electrons. The number of amides is 1. The molecule has 2 N–H and O–H groups in total. The van der Waals surface area contributed by atoms with Crippen molar-refractivity contribution in [2.24, 2.45) is 5.92 Å². The molecule has 0 saturated heterocycles. The topological polar surface area (TPSA) is 49.3 Å². The molecule has 1 rings (SSSR count). The van der Waals surface area contributed by atoms with Gasteiger partial charge in [-0.25, -0.2) is 0 Å². The lowest BCUT2D eigenvalue weighted by Crippen LogP contribution is -2.40. The number of hydrogen-bond acceptors (Lipinski definition) is 2. The molecular weight excluding hydrogens is 166 g/mol. The Kier molecular flexibility index (Phi) is 3.71. The van der Waals surface area contributed by atoms with Gasteiger partial charge >= 0.3 is 0 Å². The highest BCUT2D eigenvalue weighted by Gasteiger charge is 2.21. The Labute approximate surface area is 78.1 Å². The van der Waals surface area contributed by atoms with Gasteiger partial charge in [0, 0.05) is 5.92 Å². The number of hydrogen-bond donors (Lipinski definition) is 2. The van der Waals surface area contributed by atoms with Crippen molar-refractivity contribution in [1.29, 1.82) is 0 Å². The van der Waals surface area contributed by atoms with Crippen LogP contribution in [0.2, 0.25) is 0 Å². The number of rotatable bonds is 4. The number of nitrogens with one attached hydrogen (secondary N) is 1. The molecule has 0 fully saturated rings. The van der Waals surface area contributed by atoms with Gasteiger partial charge in [-0.15, -0.1) is 0 Å². The zero-order valence-corrected chi connectivity index (χ0v) is 7.68. The Morgan fingerprint density at radius 2 is 2.38 bits per heavy atom. The maximum atomic E-state index is 10.1. The maximum Gasteiger partial charge on any atom is 0.207 e. The summed E-state index contributed by atoms with van der Waals surface area (Å²) in [6.45, 7) is 1.80. The molecular formula is C10H15NO2. The van der Waals surface area contributed by atoms with Gasteiger partial charge in [-0.2, -0.15) is 0 Å². The van der Waals surface area contributed by atoms with E-state index < -0.39 is 6.10 Å². The first-order valence-electron chi connectivity index (χ1n) is 4.47. The van der Waals surface area contributed by atoms with Crippen LogP contribution in [-0.2, 0) is 4.79 Å². The summed E-state index contributed by atoms with van der Waals surface area (Å²) in [6, 6.07) is -0.196. The predicted octanol–water partition coefficient (Wildman–Crippen LogP) is 0.614. The SMILES string of the molecule is C[C@@H](NC=O)[C@@H](O)C1C=CC=CC1. The molecule has 0 saturated carbocycles. The van der Waals surface area contributed by atoms with Crippen LogP contribution < -0.4 is 5.32 Å². The molecule has 0 aromatic heterocycles. The largest absolute Gasteiger partial charge is 0.390 e. The fourth-order valence-electron chi connectivity index (χ4n) is 1.43. The van der Waals surface area contributed by atoms with Crippen LogP contribution in [-0.4, -0.2) is 23.7 Å². The quantitative estimate of drug-likeness (QED) is 0.624. The van der Waals surface area contributed by atoms with Crippen molar-refractivity contribution in [2.75, 3.05) is 0 Å². The second-order valence-electron chi connectivity index (χ2n) is 3.28. The first-order valence-corrected chi connectivity index (χ1v) is 4.47. The molecule has 1 aliphatic carbocycles. The third kappa shape index (κ3) is 2.70. The van der Waals surface area contributed by atoms with Crippen LogP contribution in [0.3, 0.4) is 0 Å². The molecule has 0 aromatic rings. The standard InChI is InChI=1S/C10H15NO2/c1-8(11-7-12)10(13)9-5-3-2-4-6-9/h2-5,7-10,13H,6H2,1H3,(H,11,12)/t8-,9?,10-/m1/s1. The van der Waals surface area contributed by atoms with E-state index in [-0.39, 0.29) is 12.0 Å². The van der Waals surface area contributed by atoms with Crippen LogP contribution >= 0.6 is 0 Å². The Morgan fingerprint density at radius 3 is 2.92 bits per heavy atom. The minimum atomic E-state index is -0.508. The van der Waals surface area contributed by atoms with Gasteiger partial charge in [-0.3, -0.25) is 4.79 Å². The van der Waals surface area contributed by atoms with Gasteiger partial charge in [0.1, 0.15) is 0 Å². The fourth-order valence-corrected chi connectivity index (χ4v) is 1.43. The van der Waals surface area contributed by atoms with Gasteiger partial charge in [0.15, 0.2) is 0 Å². The lowest BCUT2D eigenvalue weighted by atomic mass is 9.91. The van der Waals surface area contributed by atoms with Gasteiger partial charge in [-0.05, 0) is 13.3 Å². The number of aliphatic hydroxyl groups excluding tert-OH is 1. The first-order chi connectivity index (χ1) is 6.25. The monoisotopic (exact) mass is 181 g/mol. The van der Waals surface area contributed by atoms with E-state index in [2.05, 4.69) is 5.32 Å². The second-order valence-corrected chi connectivity index (χ2v) is 3.28. The van der Waals surface area contributed by atoms with Crippen LogP contribution in [0, 0.1) is 5.92 Å². The Bertz CT molecular complexity index is 223. The summed E-state index contributed by atoms with van der Waals surface area (Å²) in [5.41, 5.74) is 0. The van der Waals surface area contributed by atoms with Crippen molar-refractivity contribution in [3.8, 4) is 0 Å². The Balaban J connectivity index is 2.46. The molecule has 0 aliphatic heterocycles. The molecule has 3 heteroatoms. The predicted molar refractivity (Wildman–Crippen MR) is 51.1 cm³/mol. The third-order valence-corrected chi connectivity index (χ3v) is 2.30. The summed E-state index contributed by atoms with van der Waals surface area (Å²) < 4.78 is 0. The summed E-state index contributed by atoms with van der Waals surface area (Å²) in [5.74, 6) is 0.118. The van der Waals surface area contributed by atoms with E-state index in [4.69, 9.17) is 0 Å². The zero-order chi connectivity index (χ0) is 9.68. The van der Waals surface area contributed by atoms with E-state index in [1.165, 1.54) is 0 Å². The van der Waals surface area contributed by atoms with Crippen molar-refractivity contribution in [3.63, 3.8) is 0 Å². The van der Waals surface area contributed by atoms with Gasteiger partial charge in [0.05, 0.1) is 12.1 Å². The van der Waals surface area contributed by atoms with E-state index >= 15 is 0 Å². The maximum absolute atomic E-state index is 10.1. The highest BCUT2D eigenvalue weighted by molar-refractivity contribution is 5.46. The summed E-state index contributed by atoms with van der Waals surface area (Å²) in [7, 11) is 0. The average Bonchev–Trinajstić information content (AvgIpc) is 2.18. The van der Waals surface area contributed by atoms with Crippen LogP contribution in [0.25, 0.3) is 0 Å². The van der Waals surface area contributed by atoms with Crippen LogP contribution in [0.4, 0.5) is 0 Å². The average molecular weight is 181 g/mol. The van der Waals surface area contributed by atoms with E-state index in [1.54, 1.807) is 6.92 Å². The Morgan fingerprint density at radius 1 is 1.62 bits per heavy atom. The molecule has 1 unspecified atom stereocenters. The molecule has 1 aliphatic rings. The highest BCUT2D eigenvalue weighted by Crippen LogP contribution is 2.17. The molecule has 3 atom stereocenters. The molecule has 3 nitrogen and oxygen atoms in total. The smallest absolute Gasteiger partial charge is 0.207 e. The normalized spacial score (nSPS) is 25.2. The number of aliphatic hydroxyl groups is 1. The summed E-state index contributed by atoms with van der Waals surface area (Å²) in [4.78, 5) is 10.1. The number of allylic oxidation sites excluding steroid dienone is 3. The summed E-state index contributed by atoms with van der Waals surface area (Å²) in [5, 5.41) is 12.3. The molecule has 0 heterocycles. The lowest BCUT2D eigenvalue weighted by molar-refractivity contribution is -0.111.